The molecule has 2 heteroatoms. The lowest BCUT2D eigenvalue weighted by atomic mass is 9.98. The third-order valence-electron chi connectivity index (χ3n) is 1.73. The van der Waals surface area contributed by atoms with Gasteiger partial charge < -0.3 is 11.1 Å². The Morgan fingerprint density at radius 1 is 1.44 bits per heavy atom. The molecule has 0 radical (unpaired) electrons. The molecule has 0 bridgehead atoms. The first-order valence-electron chi connectivity index (χ1n) is 3.32. The average Bonchev–Trinajstić information content (AvgIpc) is 1.89. The number of hydrogen-bond donors (Lipinski definition) is 2. The Balaban J connectivity index is 0.000000810. The van der Waals surface area contributed by atoms with Gasteiger partial charge in [0, 0.05) is 13.3 Å². The molecule has 0 spiro atoms. The predicted molar refractivity (Wildman–Crippen MR) is 40.6 cm³/mol. The van der Waals surface area contributed by atoms with Gasteiger partial charge in [0.15, 0.2) is 0 Å². The zero-order valence-electron chi connectivity index (χ0n) is 5.48. The summed E-state index contributed by atoms with van der Waals surface area (Å²) in [6.45, 7) is 0. The van der Waals surface area contributed by atoms with Crippen LogP contribution in [0.1, 0.15) is 27.1 Å². The number of allylic oxidation sites excluding steroid dienone is 2. The third-order valence-corrected chi connectivity index (χ3v) is 1.73. The van der Waals surface area contributed by atoms with Crippen molar-refractivity contribution >= 4 is 6.21 Å². The van der Waals surface area contributed by atoms with E-state index in [4.69, 9.17) is 11.1 Å². The van der Waals surface area contributed by atoms with Gasteiger partial charge in [0.2, 0.25) is 0 Å². The highest BCUT2D eigenvalue weighted by molar-refractivity contribution is 5.76. The summed E-state index contributed by atoms with van der Waals surface area (Å²) < 4.78 is 0. The van der Waals surface area contributed by atoms with E-state index in [1.807, 2.05) is 0 Å². The van der Waals surface area contributed by atoms with Gasteiger partial charge in [-0.05, 0) is 31.3 Å². The molecule has 0 heterocycles. The molecule has 0 atom stereocenters. The van der Waals surface area contributed by atoms with Crippen LogP contribution in [0.25, 0.3) is 0 Å². The summed E-state index contributed by atoms with van der Waals surface area (Å²) in [5, 5.41) is 6.96. The Kier molecular flexibility index (Phi) is 1.88. The van der Waals surface area contributed by atoms with Crippen LogP contribution in [-0.2, 0) is 0 Å². The summed E-state index contributed by atoms with van der Waals surface area (Å²) in [6, 6.07) is 0. The monoisotopic (exact) mass is 126 g/mol. The van der Waals surface area contributed by atoms with Crippen molar-refractivity contribution in [3.8, 4) is 0 Å². The van der Waals surface area contributed by atoms with E-state index in [0.717, 1.165) is 24.1 Å². The van der Waals surface area contributed by atoms with E-state index in [2.05, 4.69) is 0 Å². The van der Waals surface area contributed by atoms with Crippen LogP contribution in [0.3, 0.4) is 0 Å². The maximum absolute atomic E-state index is 6.96. The number of rotatable bonds is 1. The predicted octanol–water partition coefficient (Wildman–Crippen LogP) is 1.67. The van der Waals surface area contributed by atoms with Crippen molar-refractivity contribution in [3.63, 3.8) is 0 Å². The molecule has 0 amide bonds. The lowest BCUT2D eigenvalue weighted by Gasteiger charge is -2.12. The Morgan fingerprint density at radius 2 is 2.11 bits per heavy atom. The van der Waals surface area contributed by atoms with Crippen molar-refractivity contribution in [2.45, 2.75) is 25.7 Å². The van der Waals surface area contributed by atoms with Crippen LogP contribution in [-0.4, -0.2) is 6.21 Å². The molecule has 0 saturated carbocycles. The first-order chi connectivity index (χ1) is 4.34. The molecule has 9 heavy (non-hydrogen) atoms. The summed E-state index contributed by atoms with van der Waals surface area (Å²) >= 11 is 0. The summed E-state index contributed by atoms with van der Waals surface area (Å²) in [5.74, 6) is 0. The largest absolute Gasteiger partial charge is 0.402 e. The highest BCUT2D eigenvalue weighted by atomic mass is 14.6. The van der Waals surface area contributed by atoms with E-state index in [1.54, 1.807) is 0 Å². The number of nitrogens with two attached hydrogens (primary N) is 1. The molecular formula is C7H14N2. The van der Waals surface area contributed by atoms with Crippen molar-refractivity contribution in [3.05, 3.63) is 11.3 Å². The molecule has 0 aliphatic heterocycles. The van der Waals surface area contributed by atoms with Crippen molar-refractivity contribution in [2.75, 3.05) is 0 Å². The number of nitrogens with one attached hydrogen (secondary N) is 1. The topological polar surface area (TPSA) is 49.9 Å². The van der Waals surface area contributed by atoms with Crippen LogP contribution in [0.2, 0.25) is 0 Å². The lowest BCUT2D eigenvalue weighted by molar-refractivity contribution is 0.684. The van der Waals surface area contributed by atoms with Gasteiger partial charge in [-0.1, -0.05) is 0 Å². The van der Waals surface area contributed by atoms with Crippen molar-refractivity contribution in [2.24, 2.45) is 5.73 Å². The fraction of sp³-hybridized carbons (Fsp3) is 0.571. The van der Waals surface area contributed by atoms with Crippen LogP contribution in [0.5, 0.6) is 0 Å². The molecule has 1 aliphatic carbocycles. The fourth-order valence-electron chi connectivity index (χ4n) is 1.12. The SMILES string of the molecule is N=CC1=C(N)CCCC1.[HH]. The van der Waals surface area contributed by atoms with E-state index in [9.17, 15) is 0 Å². The summed E-state index contributed by atoms with van der Waals surface area (Å²) in [5.41, 5.74) is 7.59. The second-order valence-corrected chi connectivity index (χ2v) is 2.40. The van der Waals surface area contributed by atoms with E-state index in [1.165, 1.54) is 19.1 Å². The second-order valence-electron chi connectivity index (χ2n) is 2.40. The molecule has 0 unspecified atom stereocenters. The van der Waals surface area contributed by atoms with Gasteiger partial charge in [-0.25, -0.2) is 0 Å². The van der Waals surface area contributed by atoms with Gasteiger partial charge in [0.1, 0.15) is 0 Å². The molecule has 1 rings (SSSR count). The molecule has 2 nitrogen and oxygen atoms in total. The summed E-state index contributed by atoms with van der Waals surface area (Å²) in [6.07, 6.45) is 5.78. The van der Waals surface area contributed by atoms with Crippen LogP contribution in [0.15, 0.2) is 11.3 Å². The Bertz CT molecular complexity index is 152. The van der Waals surface area contributed by atoms with E-state index in [0.29, 0.717) is 0 Å². The van der Waals surface area contributed by atoms with Crippen LogP contribution in [0.4, 0.5) is 0 Å². The molecule has 1 aliphatic rings. The van der Waals surface area contributed by atoms with Crippen molar-refractivity contribution < 1.29 is 1.43 Å². The Morgan fingerprint density at radius 3 is 2.56 bits per heavy atom. The minimum absolute atomic E-state index is 0. The molecule has 0 aromatic rings. The minimum Gasteiger partial charge on any atom is -0.402 e. The fourth-order valence-corrected chi connectivity index (χ4v) is 1.12. The first-order valence-corrected chi connectivity index (χ1v) is 3.32. The van der Waals surface area contributed by atoms with Gasteiger partial charge in [0.25, 0.3) is 0 Å². The van der Waals surface area contributed by atoms with Crippen LogP contribution < -0.4 is 5.73 Å². The van der Waals surface area contributed by atoms with Gasteiger partial charge in [0.05, 0.1) is 0 Å². The van der Waals surface area contributed by atoms with Crippen LogP contribution >= 0.6 is 0 Å². The van der Waals surface area contributed by atoms with Crippen molar-refractivity contribution in [1.29, 1.82) is 5.41 Å². The van der Waals surface area contributed by atoms with E-state index >= 15 is 0 Å². The highest BCUT2D eigenvalue weighted by Gasteiger charge is 2.06. The normalized spacial score (nSPS) is 20.0. The standard InChI is InChI=1S/C7H12N2.H2/c8-5-6-3-1-2-4-7(6)9;/h5,8H,1-4,9H2;1H. The quantitative estimate of drug-likeness (QED) is 0.516. The maximum Gasteiger partial charge on any atom is 0.0227 e. The molecule has 0 saturated heterocycles. The van der Waals surface area contributed by atoms with E-state index in [-0.39, 0.29) is 1.43 Å². The lowest BCUT2D eigenvalue weighted by Crippen LogP contribution is -2.07. The van der Waals surface area contributed by atoms with Gasteiger partial charge in [-0.2, -0.15) is 0 Å². The van der Waals surface area contributed by atoms with Gasteiger partial charge >= 0.3 is 0 Å². The molecule has 0 aromatic carbocycles. The zero-order valence-corrected chi connectivity index (χ0v) is 5.48. The summed E-state index contributed by atoms with van der Waals surface area (Å²) in [7, 11) is 0. The minimum atomic E-state index is 0. The Labute approximate surface area is 56.7 Å². The molecular weight excluding hydrogens is 112 g/mol. The molecule has 0 fully saturated rings. The Hall–Kier alpha value is -0.790. The van der Waals surface area contributed by atoms with Crippen LogP contribution in [0, 0.1) is 5.41 Å². The first kappa shape index (κ1) is 6.33. The number of hydrogen-bond acceptors (Lipinski definition) is 2. The molecule has 52 valence electrons. The zero-order chi connectivity index (χ0) is 6.69. The van der Waals surface area contributed by atoms with Crippen molar-refractivity contribution in [1.82, 2.24) is 0 Å². The third kappa shape index (κ3) is 1.31. The molecule has 3 N–H and O–H groups in total. The second kappa shape index (κ2) is 2.67. The maximum atomic E-state index is 6.96. The molecule has 0 aromatic heterocycles. The smallest absolute Gasteiger partial charge is 0.0227 e. The average molecular weight is 126 g/mol. The van der Waals surface area contributed by atoms with Gasteiger partial charge in [-0.15, -0.1) is 0 Å². The van der Waals surface area contributed by atoms with Gasteiger partial charge in [-0.3, -0.25) is 0 Å². The highest BCUT2D eigenvalue weighted by Crippen LogP contribution is 2.18. The summed E-state index contributed by atoms with van der Waals surface area (Å²) in [4.78, 5) is 0. The van der Waals surface area contributed by atoms with E-state index < -0.39 is 0 Å².